The van der Waals surface area contributed by atoms with Gasteiger partial charge in [0.2, 0.25) is 5.91 Å². The van der Waals surface area contributed by atoms with E-state index in [1.54, 1.807) is 14.2 Å². The van der Waals surface area contributed by atoms with Gasteiger partial charge in [-0.05, 0) is 43.4 Å². The molecule has 1 atom stereocenters. The van der Waals surface area contributed by atoms with Crippen LogP contribution in [0.25, 0.3) is 0 Å². The Labute approximate surface area is 189 Å². The number of para-hydroxylation sites is 2. The summed E-state index contributed by atoms with van der Waals surface area (Å²) in [6, 6.07) is 13.9. The van der Waals surface area contributed by atoms with Crippen molar-refractivity contribution in [3.05, 3.63) is 53.6 Å². The number of nitrogens with zero attached hydrogens (tertiary/aromatic N) is 1. The molecule has 3 N–H and O–H groups in total. The van der Waals surface area contributed by atoms with Crippen LogP contribution < -0.4 is 25.4 Å². The summed E-state index contributed by atoms with van der Waals surface area (Å²) >= 11 is 0. The third kappa shape index (κ3) is 5.15. The second kappa shape index (κ2) is 10.4. The van der Waals surface area contributed by atoms with Gasteiger partial charge in [-0.3, -0.25) is 9.79 Å². The quantitative estimate of drug-likeness (QED) is 0.454. The van der Waals surface area contributed by atoms with Crippen molar-refractivity contribution in [2.75, 3.05) is 26.0 Å². The maximum Gasteiger partial charge on any atom is 0.225 e. The Balaban J connectivity index is 1.39. The highest BCUT2D eigenvalue weighted by atomic mass is 16.5. The summed E-state index contributed by atoms with van der Waals surface area (Å²) in [4.78, 5) is 16.5. The monoisotopic (exact) mass is 436 g/mol. The number of benzene rings is 2. The van der Waals surface area contributed by atoms with E-state index < -0.39 is 0 Å². The lowest BCUT2D eigenvalue weighted by Crippen LogP contribution is -2.40. The van der Waals surface area contributed by atoms with Crippen LogP contribution in [0.1, 0.15) is 49.1 Å². The summed E-state index contributed by atoms with van der Waals surface area (Å²) in [7, 11) is 3.42. The van der Waals surface area contributed by atoms with Gasteiger partial charge >= 0.3 is 0 Å². The molecule has 0 radical (unpaired) electrons. The molecular weight excluding hydrogens is 404 g/mol. The van der Waals surface area contributed by atoms with Gasteiger partial charge in [0, 0.05) is 43.7 Å². The first-order valence-electron chi connectivity index (χ1n) is 11.3. The Kier molecular flexibility index (Phi) is 7.14. The molecule has 7 heteroatoms. The average Bonchev–Trinajstić information content (AvgIpc) is 3.33. The zero-order valence-corrected chi connectivity index (χ0v) is 18.8. The fourth-order valence-corrected chi connectivity index (χ4v) is 4.47. The fourth-order valence-electron chi connectivity index (χ4n) is 4.47. The molecule has 1 saturated carbocycles. The molecule has 1 heterocycles. The molecule has 0 spiro atoms. The topological polar surface area (TPSA) is 84.0 Å². The number of carbonyl (C=O) groups is 1. The summed E-state index contributed by atoms with van der Waals surface area (Å²) in [5.41, 5.74) is 3.07. The highest BCUT2D eigenvalue weighted by Crippen LogP contribution is 2.35. The number of rotatable bonds is 7. The molecule has 2 aromatic rings. The molecule has 2 aliphatic rings. The molecule has 1 aliphatic heterocycles. The van der Waals surface area contributed by atoms with E-state index in [2.05, 4.69) is 33.1 Å². The number of nitrogens with one attached hydrogen (secondary N) is 3. The van der Waals surface area contributed by atoms with Gasteiger partial charge in [-0.1, -0.05) is 30.3 Å². The van der Waals surface area contributed by atoms with Crippen LogP contribution in [0.4, 0.5) is 5.69 Å². The standard InChI is InChI=1S/C25H32N4O3/c1-26-25(28-16-18-14-23(30)29-21-12-6-5-11-20(18)21)27-15-17-8-7-13-22(31-2)24(17)32-19-9-3-4-10-19/h5-8,11-13,18-19H,3-4,9-10,14-16H2,1-2H3,(H,29,30)(H2,26,27,28). The van der Waals surface area contributed by atoms with E-state index in [0.717, 1.165) is 41.2 Å². The molecule has 2 aromatic carbocycles. The van der Waals surface area contributed by atoms with Crippen molar-refractivity contribution in [3.8, 4) is 11.5 Å². The lowest BCUT2D eigenvalue weighted by Gasteiger charge is -2.26. The SMILES string of the molecule is CN=C(NCc1cccc(OC)c1OC1CCCC1)NCC1CC(=O)Nc2ccccc21. The molecule has 1 amide bonds. The highest BCUT2D eigenvalue weighted by molar-refractivity contribution is 5.94. The van der Waals surface area contributed by atoms with E-state index in [1.807, 2.05) is 30.3 Å². The summed E-state index contributed by atoms with van der Waals surface area (Å²) in [5.74, 6) is 2.38. The van der Waals surface area contributed by atoms with Crippen LogP contribution in [0, 0.1) is 0 Å². The predicted molar refractivity (Wildman–Crippen MR) is 127 cm³/mol. The van der Waals surface area contributed by atoms with Crippen LogP contribution >= 0.6 is 0 Å². The average molecular weight is 437 g/mol. The smallest absolute Gasteiger partial charge is 0.225 e. The number of amides is 1. The molecule has 0 aromatic heterocycles. The van der Waals surface area contributed by atoms with Gasteiger partial charge in [0.05, 0.1) is 13.2 Å². The van der Waals surface area contributed by atoms with Crippen molar-refractivity contribution in [3.63, 3.8) is 0 Å². The molecule has 1 fully saturated rings. The second-order valence-corrected chi connectivity index (χ2v) is 8.32. The molecule has 1 unspecified atom stereocenters. The first kappa shape index (κ1) is 22.0. The molecule has 32 heavy (non-hydrogen) atoms. The van der Waals surface area contributed by atoms with Crippen LogP contribution in [-0.4, -0.2) is 38.7 Å². The largest absolute Gasteiger partial charge is 0.493 e. The van der Waals surface area contributed by atoms with Crippen molar-refractivity contribution in [1.82, 2.24) is 10.6 Å². The van der Waals surface area contributed by atoms with Crippen LogP contribution in [0.15, 0.2) is 47.5 Å². The first-order chi connectivity index (χ1) is 15.7. The van der Waals surface area contributed by atoms with Gasteiger partial charge < -0.3 is 25.4 Å². The molecule has 7 nitrogen and oxygen atoms in total. The lowest BCUT2D eigenvalue weighted by molar-refractivity contribution is -0.116. The van der Waals surface area contributed by atoms with E-state index in [-0.39, 0.29) is 17.9 Å². The molecule has 4 rings (SSSR count). The minimum Gasteiger partial charge on any atom is -0.493 e. The van der Waals surface area contributed by atoms with Crippen LogP contribution in [-0.2, 0) is 11.3 Å². The van der Waals surface area contributed by atoms with Gasteiger partial charge in [0.15, 0.2) is 17.5 Å². The molecular formula is C25H32N4O3. The third-order valence-electron chi connectivity index (χ3n) is 6.16. The van der Waals surface area contributed by atoms with Crippen LogP contribution in [0.3, 0.4) is 0 Å². The number of anilines is 1. The molecule has 0 bridgehead atoms. The van der Waals surface area contributed by atoms with E-state index in [0.29, 0.717) is 25.5 Å². The van der Waals surface area contributed by atoms with E-state index >= 15 is 0 Å². The predicted octanol–water partition coefficient (Wildman–Crippen LogP) is 3.81. The molecule has 170 valence electrons. The Morgan fingerprint density at radius 1 is 1.12 bits per heavy atom. The maximum atomic E-state index is 12.1. The summed E-state index contributed by atoms with van der Waals surface area (Å²) < 4.78 is 11.9. The number of hydrogen-bond acceptors (Lipinski definition) is 4. The van der Waals surface area contributed by atoms with Crippen LogP contribution in [0.5, 0.6) is 11.5 Å². The van der Waals surface area contributed by atoms with Gasteiger partial charge in [0.1, 0.15) is 0 Å². The second-order valence-electron chi connectivity index (χ2n) is 8.32. The van der Waals surface area contributed by atoms with Gasteiger partial charge in [0.25, 0.3) is 0 Å². The first-order valence-corrected chi connectivity index (χ1v) is 11.3. The Bertz CT molecular complexity index is 969. The minimum absolute atomic E-state index is 0.0449. The number of ether oxygens (including phenoxy) is 2. The van der Waals surface area contributed by atoms with Crippen molar-refractivity contribution in [2.45, 2.75) is 50.7 Å². The Morgan fingerprint density at radius 2 is 1.94 bits per heavy atom. The summed E-state index contributed by atoms with van der Waals surface area (Å²) in [6.45, 7) is 1.17. The Hall–Kier alpha value is -3.22. The zero-order valence-electron chi connectivity index (χ0n) is 18.8. The zero-order chi connectivity index (χ0) is 22.3. The van der Waals surface area contributed by atoms with E-state index in [9.17, 15) is 4.79 Å². The summed E-state index contributed by atoms with van der Waals surface area (Å²) in [5, 5.41) is 9.71. The number of aliphatic imine (C=N–C) groups is 1. The number of guanidine groups is 1. The number of methoxy groups -OCH3 is 1. The third-order valence-corrected chi connectivity index (χ3v) is 6.16. The minimum atomic E-state index is 0.0449. The van der Waals surface area contributed by atoms with E-state index in [1.165, 1.54) is 12.8 Å². The molecule has 0 saturated heterocycles. The fraction of sp³-hybridized carbons (Fsp3) is 0.440. The summed E-state index contributed by atoms with van der Waals surface area (Å²) in [6.07, 6.45) is 5.31. The van der Waals surface area contributed by atoms with Crippen LogP contribution in [0.2, 0.25) is 0 Å². The number of carbonyl (C=O) groups excluding carboxylic acids is 1. The highest BCUT2D eigenvalue weighted by Gasteiger charge is 2.25. The molecule has 1 aliphatic carbocycles. The van der Waals surface area contributed by atoms with Crippen molar-refractivity contribution < 1.29 is 14.3 Å². The number of hydrogen-bond donors (Lipinski definition) is 3. The maximum absolute atomic E-state index is 12.1. The van der Waals surface area contributed by atoms with Gasteiger partial charge in [-0.25, -0.2) is 0 Å². The van der Waals surface area contributed by atoms with E-state index in [4.69, 9.17) is 9.47 Å². The Morgan fingerprint density at radius 3 is 2.72 bits per heavy atom. The normalized spacial score (nSPS) is 18.6. The van der Waals surface area contributed by atoms with Gasteiger partial charge in [-0.15, -0.1) is 0 Å². The van der Waals surface area contributed by atoms with Gasteiger partial charge in [-0.2, -0.15) is 0 Å². The van der Waals surface area contributed by atoms with Crippen molar-refractivity contribution in [1.29, 1.82) is 0 Å². The van der Waals surface area contributed by atoms with Crippen molar-refractivity contribution in [2.24, 2.45) is 4.99 Å². The lowest BCUT2D eigenvalue weighted by atomic mass is 9.90. The number of fused-ring (bicyclic) bond motifs is 1. The van der Waals surface area contributed by atoms with Crippen molar-refractivity contribution >= 4 is 17.6 Å².